The maximum Gasteiger partial charge on any atom is 0.182 e. The first-order valence-corrected chi connectivity index (χ1v) is 9.42. The molecule has 0 atom stereocenters. The molecule has 28 heavy (non-hydrogen) atoms. The second-order valence-corrected chi connectivity index (χ2v) is 6.42. The first-order chi connectivity index (χ1) is 13.2. The zero-order valence-corrected chi connectivity index (χ0v) is 18.1. The van der Waals surface area contributed by atoms with Gasteiger partial charge in [-0.2, -0.15) is 0 Å². The number of ether oxygens (including phenoxy) is 2. The van der Waals surface area contributed by atoms with Crippen molar-refractivity contribution < 1.29 is 14.3 Å². The second-order valence-electron chi connectivity index (χ2n) is 6.42. The average Bonchev–Trinajstić information content (AvgIpc) is 2.73. The molecule has 0 unspecified atom stereocenters. The van der Waals surface area contributed by atoms with Crippen molar-refractivity contribution in [2.45, 2.75) is 26.2 Å². The van der Waals surface area contributed by atoms with E-state index < -0.39 is 0 Å². The Morgan fingerprint density at radius 1 is 1.04 bits per heavy atom. The van der Waals surface area contributed by atoms with Crippen LogP contribution in [-0.4, -0.2) is 38.4 Å². The Kier molecular flexibility index (Phi) is 8.51. The number of halogens is 1. The fourth-order valence-corrected chi connectivity index (χ4v) is 3.13. The molecule has 0 aliphatic carbocycles. The monoisotopic (exact) mass is 446 g/mol. The number of nitrogens with zero attached hydrogens (tertiary/aromatic N) is 2. The predicted octanol–water partition coefficient (Wildman–Crippen LogP) is 4.94. The smallest absolute Gasteiger partial charge is 0.182 e. The highest BCUT2D eigenvalue weighted by molar-refractivity contribution is 8.93. The summed E-state index contributed by atoms with van der Waals surface area (Å²) < 4.78 is 10.7. The van der Waals surface area contributed by atoms with Crippen molar-refractivity contribution >= 4 is 34.3 Å². The van der Waals surface area contributed by atoms with Gasteiger partial charge in [0.25, 0.3) is 0 Å². The quantitative estimate of drug-likeness (QED) is 0.564. The molecule has 5 nitrogen and oxygen atoms in total. The number of carbonyl (C=O) groups is 1. The molecule has 0 saturated heterocycles. The van der Waals surface area contributed by atoms with Gasteiger partial charge in [-0.3, -0.25) is 9.79 Å². The maximum atomic E-state index is 12.9. The van der Waals surface area contributed by atoms with Gasteiger partial charge in [-0.1, -0.05) is 0 Å². The predicted molar refractivity (Wildman–Crippen MR) is 119 cm³/mol. The summed E-state index contributed by atoms with van der Waals surface area (Å²) in [6, 6.07) is 15.1. The van der Waals surface area contributed by atoms with Gasteiger partial charge in [0.15, 0.2) is 5.78 Å². The van der Waals surface area contributed by atoms with Crippen molar-refractivity contribution in [1.82, 2.24) is 0 Å². The molecule has 0 radical (unpaired) electrons. The first-order valence-electron chi connectivity index (χ1n) is 9.42. The molecular weight excluding hydrogens is 420 g/mol. The third kappa shape index (κ3) is 5.58. The van der Waals surface area contributed by atoms with Crippen LogP contribution in [0.5, 0.6) is 11.5 Å². The minimum Gasteiger partial charge on any atom is -0.497 e. The molecule has 0 N–H and O–H groups in total. The van der Waals surface area contributed by atoms with Gasteiger partial charge in [0, 0.05) is 24.2 Å². The van der Waals surface area contributed by atoms with Gasteiger partial charge < -0.3 is 14.4 Å². The summed E-state index contributed by atoms with van der Waals surface area (Å²) >= 11 is 0. The van der Waals surface area contributed by atoms with Crippen LogP contribution in [0.3, 0.4) is 0 Å². The van der Waals surface area contributed by atoms with Crippen LogP contribution in [0.1, 0.15) is 36.5 Å². The molecule has 150 valence electrons. The number of benzene rings is 2. The summed E-state index contributed by atoms with van der Waals surface area (Å²) in [5.41, 5.74) is 1.63. The molecule has 3 rings (SSSR count). The summed E-state index contributed by atoms with van der Waals surface area (Å²) in [7, 11) is 1.62. The van der Waals surface area contributed by atoms with Crippen molar-refractivity contribution in [2.75, 3.05) is 31.7 Å². The lowest BCUT2D eigenvalue weighted by Crippen LogP contribution is -2.37. The van der Waals surface area contributed by atoms with Crippen LogP contribution < -0.4 is 14.4 Å². The average molecular weight is 447 g/mol. The fraction of sp³-hybridized carbons (Fsp3) is 0.364. The topological polar surface area (TPSA) is 51.1 Å². The van der Waals surface area contributed by atoms with Gasteiger partial charge in [0.1, 0.15) is 17.3 Å². The third-order valence-corrected chi connectivity index (χ3v) is 4.59. The minimum atomic E-state index is 0. The van der Waals surface area contributed by atoms with Crippen LogP contribution in [0.25, 0.3) is 0 Å². The molecule has 1 aliphatic rings. The van der Waals surface area contributed by atoms with Gasteiger partial charge in [-0.15, -0.1) is 17.0 Å². The lowest BCUT2D eigenvalue weighted by Gasteiger charge is -2.28. The molecule has 0 bridgehead atoms. The molecular formula is C22H27BrN2O3. The van der Waals surface area contributed by atoms with Crippen molar-refractivity contribution in [1.29, 1.82) is 0 Å². The largest absolute Gasteiger partial charge is 0.497 e. The highest BCUT2D eigenvalue weighted by Gasteiger charge is 2.20. The second kappa shape index (κ2) is 10.9. The Labute approximate surface area is 177 Å². The van der Waals surface area contributed by atoms with E-state index in [1.54, 1.807) is 19.2 Å². The van der Waals surface area contributed by atoms with E-state index in [4.69, 9.17) is 9.47 Å². The zero-order chi connectivity index (χ0) is 19.1. The fourth-order valence-electron chi connectivity index (χ4n) is 3.13. The number of carbonyl (C=O) groups excluding carboxylic acids is 1. The lowest BCUT2D eigenvalue weighted by molar-refractivity contribution is 0.100. The molecule has 1 aliphatic heterocycles. The zero-order valence-electron chi connectivity index (χ0n) is 16.4. The van der Waals surface area contributed by atoms with Gasteiger partial charge in [-0.05, 0) is 68.3 Å². The Hall–Kier alpha value is -2.34. The van der Waals surface area contributed by atoms with Gasteiger partial charge in [-0.25, -0.2) is 0 Å². The van der Waals surface area contributed by atoms with Gasteiger partial charge in [0.05, 0.1) is 20.3 Å². The van der Waals surface area contributed by atoms with Crippen molar-refractivity contribution in [3.05, 3.63) is 54.1 Å². The Balaban J connectivity index is 0.00000280. The highest BCUT2D eigenvalue weighted by Crippen LogP contribution is 2.23. The molecule has 0 fully saturated rings. The number of hydrogen-bond acceptors (Lipinski definition) is 5. The van der Waals surface area contributed by atoms with E-state index >= 15 is 0 Å². The molecule has 0 aromatic heterocycles. The summed E-state index contributed by atoms with van der Waals surface area (Å²) in [4.78, 5) is 19.6. The standard InChI is InChI=1S/C22H26N2O3.BrH/c1-3-27-20-13-9-18(10-14-20)24(22-6-4-5-15-23-22)16-21(25)17-7-11-19(26-2)12-8-17;/h7-14H,3-6,15-16H2,1-2H3;1H. The Morgan fingerprint density at radius 2 is 1.71 bits per heavy atom. The molecule has 2 aromatic rings. The molecule has 0 spiro atoms. The summed E-state index contributed by atoms with van der Waals surface area (Å²) in [6.45, 7) is 3.68. The molecule has 2 aromatic carbocycles. The van der Waals surface area contributed by atoms with E-state index in [9.17, 15) is 4.79 Å². The van der Waals surface area contributed by atoms with Crippen LogP contribution in [0, 0.1) is 0 Å². The van der Waals surface area contributed by atoms with Crippen molar-refractivity contribution in [3.8, 4) is 11.5 Å². The van der Waals surface area contributed by atoms with E-state index in [0.717, 1.165) is 48.8 Å². The third-order valence-electron chi connectivity index (χ3n) is 4.59. The number of Topliss-reactive ketones (excluding diaryl/α,β-unsaturated/α-hetero) is 1. The minimum absolute atomic E-state index is 0. The summed E-state index contributed by atoms with van der Waals surface area (Å²) in [5.74, 6) is 2.60. The number of aliphatic imine (C=N–C) groups is 1. The highest BCUT2D eigenvalue weighted by atomic mass is 79.9. The molecule has 0 amide bonds. The van der Waals surface area contributed by atoms with Gasteiger partial charge in [0.2, 0.25) is 0 Å². The van der Waals surface area contributed by atoms with E-state index in [2.05, 4.69) is 4.99 Å². The molecule has 0 saturated carbocycles. The number of hydrogen-bond donors (Lipinski definition) is 0. The Bertz CT molecular complexity index is 788. The number of anilines is 1. The van der Waals surface area contributed by atoms with E-state index in [1.807, 2.05) is 48.2 Å². The van der Waals surface area contributed by atoms with E-state index in [1.165, 1.54) is 0 Å². The number of ketones is 1. The summed E-state index contributed by atoms with van der Waals surface area (Å²) in [6.07, 6.45) is 3.10. The van der Waals surface area contributed by atoms with Crippen molar-refractivity contribution in [3.63, 3.8) is 0 Å². The van der Waals surface area contributed by atoms with Crippen LogP contribution in [0.15, 0.2) is 53.5 Å². The Morgan fingerprint density at radius 3 is 2.29 bits per heavy atom. The molecule has 1 heterocycles. The lowest BCUT2D eigenvalue weighted by atomic mass is 10.1. The van der Waals surface area contributed by atoms with Crippen LogP contribution in [0.2, 0.25) is 0 Å². The van der Waals surface area contributed by atoms with E-state index in [0.29, 0.717) is 12.2 Å². The first kappa shape index (κ1) is 22.0. The van der Waals surface area contributed by atoms with Crippen LogP contribution >= 0.6 is 17.0 Å². The maximum absolute atomic E-state index is 12.9. The SMILES string of the molecule is Br.CCOc1ccc(N(CC(=O)c2ccc(OC)cc2)C2=NCCCC2)cc1. The number of amidine groups is 1. The summed E-state index contributed by atoms with van der Waals surface area (Å²) in [5, 5.41) is 0. The number of methoxy groups -OCH3 is 1. The van der Waals surface area contributed by atoms with Crippen LogP contribution in [-0.2, 0) is 0 Å². The van der Waals surface area contributed by atoms with Gasteiger partial charge >= 0.3 is 0 Å². The van der Waals surface area contributed by atoms with E-state index in [-0.39, 0.29) is 29.3 Å². The number of rotatable bonds is 7. The normalized spacial score (nSPS) is 13.1. The molecule has 6 heteroatoms. The van der Waals surface area contributed by atoms with Crippen LogP contribution in [0.4, 0.5) is 5.69 Å². The van der Waals surface area contributed by atoms with Crippen molar-refractivity contribution in [2.24, 2.45) is 4.99 Å².